The van der Waals surface area contributed by atoms with E-state index in [9.17, 15) is 4.79 Å². The molecule has 0 saturated heterocycles. The second-order valence-corrected chi connectivity index (χ2v) is 4.55. The van der Waals surface area contributed by atoms with Crippen LogP contribution in [0.25, 0.3) is 11.1 Å². The smallest absolute Gasteiger partial charge is 0.150 e. The van der Waals surface area contributed by atoms with Crippen LogP contribution >= 0.6 is 23.2 Å². The molecular weight excluding hydrogens is 271 g/mol. The van der Waals surface area contributed by atoms with Gasteiger partial charge >= 0.3 is 0 Å². The average Bonchev–Trinajstić information content (AvgIpc) is 2.40. The molecule has 0 aliphatic carbocycles. The second kappa shape index (κ2) is 5.42. The first-order valence-electron chi connectivity index (χ1n) is 5.24. The monoisotopic (exact) mass is 280 g/mol. The van der Waals surface area contributed by atoms with E-state index in [1.807, 2.05) is 0 Å². The topological polar surface area (TPSA) is 26.3 Å². The molecule has 2 nitrogen and oxygen atoms in total. The molecule has 0 bridgehead atoms. The fraction of sp³-hybridized carbons (Fsp3) is 0.0714. The maximum absolute atomic E-state index is 10.8. The third-order valence-electron chi connectivity index (χ3n) is 2.58. The minimum absolute atomic E-state index is 0.556. The average molecular weight is 281 g/mol. The number of methoxy groups -OCH3 is 1. The Morgan fingerprint density at radius 2 is 1.83 bits per heavy atom. The van der Waals surface area contributed by atoms with E-state index in [-0.39, 0.29) is 0 Å². The van der Waals surface area contributed by atoms with Crippen molar-refractivity contribution in [1.82, 2.24) is 0 Å². The van der Waals surface area contributed by atoms with Crippen LogP contribution in [0.5, 0.6) is 5.75 Å². The summed E-state index contributed by atoms with van der Waals surface area (Å²) >= 11 is 12.1. The molecule has 18 heavy (non-hydrogen) atoms. The van der Waals surface area contributed by atoms with E-state index in [2.05, 4.69) is 0 Å². The van der Waals surface area contributed by atoms with Gasteiger partial charge in [0.05, 0.1) is 7.11 Å². The van der Waals surface area contributed by atoms with Gasteiger partial charge in [-0.2, -0.15) is 0 Å². The fourth-order valence-corrected chi connectivity index (χ4v) is 2.10. The number of rotatable bonds is 3. The zero-order chi connectivity index (χ0) is 13.1. The summed E-state index contributed by atoms with van der Waals surface area (Å²) in [5.74, 6) is 0.643. The molecule has 2 aromatic carbocycles. The quantitative estimate of drug-likeness (QED) is 0.775. The lowest BCUT2D eigenvalue weighted by Gasteiger charge is -2.11. The molecule has 0 aliphatic rings. The van der Waals surface area contributed by atoms with Crippen LogP contribution in [0.4, 0.5) is 0 Å². The van der Waals surface area contributed by atoms with Gasteiger partial charge in [0, 0.05) is 26.7 Å². The van der Waals surface area contributed by atoms with Gasteiger partial charge < -0.3 is 4.74 Å². The standard InChI is InChI=1S/C14H10Cl2O2/c1-18-14-5-2-9(8-17)6-12(14)11-7-10(15)3-4-13(11)16/h2-8H,1H3. The Morgan fingerprint density at radius 3 is 2.50 bits per heavy atom. The maximum Gasteiger partial charge on any atom is 0.150 e. The van der Waals surface area contributed by atoms with E-state index in [4.69, 9.17) is 27.9 Å². The van der Waals surface area contributed by atoms with Gasteiger partial charge in [-0.25, -0.2) is 0 Å². The van der Waals surface area contributed by atoms with Crippen molar-refractivity contribution in [2.45, 2.75) is 0 Å². The van der Waals surface area contributed by atoms with Crippen LogP contribution in [-0.4, -0.2) is 13.4 Å². The zero-order valence-electron chi connectivity index (χ0n) is 9.61. The van der Waals surface area contributed by atoms with Crippen LogP contribution < -0.4 is 4.74 Å². The molecule has 0 N–H and O–H groups in total. The van der Waals surface area contributed by atoms with E-state index in [0.29, 0.717) is 21.4 Å². The zero-order valence-corrected chi connectivity index (χ0v) is 11.1. The summed E-state index contributed by atoms with van der Waals surface area (Å²) in [7, 11) is 1.57. The number of hydrogen-bond donors (Lipinski definition) is 0. The van der Waals surface area contributed by atoms with Crippen molar-refractivity contribution in [3.05, 3.63) is 52.0 Å². The summed E-state index contributed by atoms with van der Waals surface area (Å²) < 4.78 is 5.28. The molecular formula is C14H10Cl2O2. The highest BCUT2D eigenvalue weighted by Gasteiger charge is 2.11. The van der Waals surface area contributed by atoms with E-state index < -0.39 is 0 Å². The summed E-state index contributed by atoms with van der Waals surface area (Å²) in [6, 6.07) is 10.3. The van der Waals surface area contributed by atoms with Gasteiger partial charge in [0.2, 0.25) is 0 Å². The minimum atomic E-state index is 0.556. The van der Waals surface area contributed by atoms with E-state index in [1.165, 1.54) is 0 Å². The highest BCUT2D eigenvalue weighted by molar-refractivity contribution is 6.35. The van der Waals surface area contributed by atoms with Gasteiger partial charge in [-0.15, -0.1) is 0 Å². The van der Waals surface area contributed by atoms with Crippen LogP contribution in [0.3, 0.4) is 0 Å². The highest BCUT2D eigenvalue weighted by Crippen LogP contribution is 2.36. The third-order valence-corrected chi connectivity index (χ3v) is 3.14. The highest BCUT2D eigenvalue weighted by atomic mass is 35.5. The normalized spacial score (nSPS) is 10.2. The number of carbonyl (C=O) groups is 1. The summed E-state index contributed by atoms with van der Waals surface area (Å²) in [5, 5.41) is 1.13. The van der Waals surface area contributed by atoms with Gasteiger partial charge in [0.1, 0.15) is 12.0 Å². The lowest BCUT2D eigenvalue weighted by atomic mass is 10.0. The summed E-state index contributed by atoms with van der Waals surface area (Å²) in [4.78, 5) is 10.8. The van der Waals surface area contributed by atoms with Crippen molar-refractivity contribution < 1.29 is 9.53 Å². The van der Waals surface area contributed by atoms with Crippen LogP contribution in [0.2, 0.25) is 10.0 Å². The van der Waals surface area contributed by atoms with E-state index >= 15 is 0 Å². The molecule has 0 aliphatic heterocycles. The summed E-state index contributed by atoms with van der Waals surface area (Å²) in [6.07, 6.45) is 0.779. The van der Waals surface area contributed by atoms with Gasteiger partial charge in [-0.3, -0.25) is 4.79 Å². The molecule has 92 valence electrons. The molecule has 0 saturated carbocycles. The Labute approximate surface area is 115 Å². The first-order chi connectivity index (χ1) is 8.65. The van der Waals surface area contributed by atoms with Crippen molar-refractivity contribution >= 4 is 29.5 Å². The SMILES string of the molecule is COc1ccc(C=O)cc1-c1cc(Cl)ccc1Cl. The van der Waals surface area contributed by atoms with Gasteiger partial charge in [-0.1, -0.05) is 23.2 Å². The number of benzene rings is 2. The Hall–Kier alpha value is -1.51. The molecule has 0 spiro atoms. The lowest BCUT2D eigenvalue weighted by molar-refractivity contribution is 0.112. The van der Waals surface area contributed by atoms with Crippen LogP contribution in [0.1, 0.15) is 10.4 Å². The predicted molar refractivity (Wildman–Crippen MR) is 73.8 cm³/mol. The van der Waals surface area contributed by atoms with Crippen LogP contribution in [0.15, 0.2) is 36.4 Å². The Bertz CT molecular complexity index is 594. The van der Waals surface area contributed by atoms with Crippen LogP contribution in [-0.2, 0) is 0 Å². The van der Waals surface area contributed by atoms with Gasteiger partial charge in [0.25, 0.3) is 0 Å². The first-order valence-corrected chi connectivity index (χ1v) is 6.00. The third kappa shape index (κ3) is 2.50. The molecule has 0 unspecified atom stereocenters. The van der Waals surface area contributed by atoms with Crippen molar-refractivity contribution in [3.63, 3.8) is 0 Å². The molecule has 0 aromatic heterocycles. The van der Waals surface area contributed by atoms with Gasteiger partial charge in [0.15, 0.2) is 0 Å². The van der Waals surface area contributed by atoms with E-state index in [1.54, 1.807) is 43.5 Å². The Morgan fingerprint density at radius 1 is 1.06 bits per heavy atom. The summed E-state index contributed by atoms with van der Waals surface area (Å²) in [6.45, 7) is 0. The first kappa shape index (κ1) is 12.9. The molecule has 2 aromatic rings. The number of ether oxygens (including phenoxy) is 1. The van der Waals surface area contributed by atoms with Crippen molar-refractivity contribution in [3.8, 4) is 16.9 Å². The Kier molecular flexibility index (Phi) is 3.90. The number of halogens is 2. The summed E-state index contributed by atoms with van der Waals surface area (Å²) in [5.41, 5.74) is 2.04. The molecule has 0 heterocycles. The molecule has 0 amide bonds. The lowest BCUT2D eigenvalue weighted by Crippen LogP contribution is -1.91. The molecule has 0 atom stereocenters. The molecule has 0 fully saturated rings. The second-order valence-electron chi connectivity index (χ2n) is 3.70. The largest absolute Gasteiger partial charge is 0.496 e. The fourth-order valence-electron chi connectivity index (χ4n) is 1.71. The van der Waals surface area contributed by atoms with Crippen molar-refractivity contribution in [1.29, 1.82) is 0 Å². The van der Waals surface area contributed by atoms with Crippen molar-refractivity contribution in [2.75, 3.05) is 7.11 Å². The van der Waals surface area contributed by atoms with E-state index in [0.717, 1.165) is 17.4 Å². The van der Waals surface area contributed by atoms with Crippen molar-refractivity contribution in [2.24, 2.45) is 0 Å². The van der Waals surface area contributed by atoms with Crippen LogP contribution in [0, 0.1) is 0 Å². The maximum atomic E-state index is 10.8. The molecule has 4 heteroatoms. The number of carbonyl (C=O) groups excluding carboxylic acids is 1. The minimum Gasteiger partial charge on any atom is -0.496 e. The van der Waals surface area contributed by atoms with Gasteiger partial charge in [-0.05, 0) is 36.4 Å². The Balaban J connectivity index is 2.67. The number of hydrogen-bond acceptors (Lipinski definition) is 2. The predicted octanol–water partition coefficient (Wildman–Crippen LogP) is 4.48. The molecule has 2 rings (SSSR count). The molecule has 0 radical (unpaired) electrons. The number of aldehydes is 1.